The third-order valence-corrected chi connectivity index (χ3v) is 3.22. The molecule has 0 radical (unpaired) electrons. The Bertz CT molecular complexity index is 270. The molecule has 1 aliphatic rings. The summed E-state index contributed by atoms with van der Waals surface area (Å²) in [7, 11) is 0. The number of carbonyl (C=O) groups is 2. The van der Waals surface area contributed by atoms with E-state index in [1.807, 2.05) is 0 Å². The molecule has 1 fully saturated rings. The Labute approximate surface area is 114 Å². The fourth-order valence-electron chi connectivity index (χ4n) is 2.34. The van der Waals surface area contributed by atoms with E-state index < -0.39 is 18.4 Å². The van der Waals surface area contributed by atoms with Crippen molar-refractivity contribution in [3.63, 3.8) is 0 Å². The highest BCUT2D eigenvalue weighted by molar-refractivity contribution is 5.71. The van der Waals surface area contributed by atoms with Crippen LogP contribution in [0.3, 0.4) is 0 Å². The number of nitrogens with one attached hydrogen (secondary N) is 2. The van der Waals surface area contributed by atoms with E-state index in [9.17, 15) is 9.59 Å². The summed E-state index contributed by atoms with van der Waals surface area (Å²) in [6.45, 7) is 4.10. The van der Waals surface area contributed by atoms with Crippen LogP contribution in [-0.2, 0) is 9.47 Å². The van der Waals surface area contributed by atoms with Crippen molar-refractivity contribution in [2.75, 3.05) is 13.2 Å². The lowest BCUT2D eigenvalue weighted by atomic mass is 9.87. The first-order valence-electron chi connectivity index (χ1n) is 7.04. The van der Waals surface area contributed by atoms with E-state index in [2.05, 4.69) is 10.6 Å². The lowest BCUT2D eigenvalue weighted by Crippen LogP contribution is -2.53. The molecule has 19 heavy (non-hydrogen) atoms. The predicted molar refractivity (Wildman–Crippen MR) is 70.7 cm³/mol. The van der Waals surface area contributed by atoms with Crippen LogP contribution in [-0.4, -0.2) is 31.6 Å². The summed E-state index contributed by atoms with van der Waals surface area (Å²) < 4.78 is 9.73. The monoisotopic (exact) mass is 272 g/mol. The number of amides is 2. The average Bonchev–Trinajstić information content (AvgIpc) is 2.39. The van der Waals surface area contributed by atoms with Crippen molar-refractivity contribution in [1.29, 1.82) is 0 Å². The van der Waals surface area contributed by atoms with Crippen LogP contribution in [0.25, 0.3) is 0 Å². The molecule has 0 unspecified atom stereocenters. The van der Waals surface area contributed by atoms with Crippen molar-refractivity contribution < 1.29 is 19.1 Å². The molecule has 0 aromatic heterocycles. The molecule has 1 saturated carbocycles. The smallest absolute Gasteiger partial charge is 0.408 e. The molecule has 1 aliphatic carbocycles. The predicted octanol–water partition coefficient (Wildman–Crippen LogP) is 2.38. The molecule has 6 nitrogen and oxygen atoms in total. The Hall–Kier alpha value is -1.46. The van der Waals surface area contributed by atoms with Gasteiger partial charge in [-0.3, -0.25) is 0 Å². The molecule has 0 aromatic carbocycles. The summed E-state index contributed by atoms with van der Waals surface area (Å²) >= 11 is 0. The molecular formula is C13H24N2O4. The van der Waals surface area contributed by atoms with Gasteiger partial charge in [0.1, 0.15) is 6.17 Å². The van der Waals surface area contributed by atoms with Gasteiger partial charge in [0.2, 0.25) is 0 Å². The van der Waals surface area contributed by atoms with Gasteiger partial charge in [0, 0.05) is 0 Å². The number of rotatable bonds is 5. The summed E-state index contributed by atoms with van der Waals surface area (Å²) in [5.74, 6) is 0.238. The molecule has 2 N–H and O–H groups in total. The molecular weight excluding hydrogens is 248 g/mol. The van der Waals surface area contributed by atoms with Gasteiger partial charge in [-0.1, -0.05) is 19.3 Å². The second-order valence-corrected chi connectivity index (χ2v) is 4.61. The summed E-state index contributed by atoms with van der Waals surface area (Å²) in [6, 6.07) is 0. The molecule has 2 amide bonds. The highest BCUT2D eigenvalue weighted by atomic mass is 16.6. The van der Waals surface area contributed by atoms with Crippen LogP contribution in [0.5, 0.6) is 0 Å². The van der Waals surface area contributed by atoms with Crippen LogP contribution in [0.2, 0.25) is 0 Å². The first-order chi connectivity index (χ1) is 9.17. The van der Waals surface area contributed by atoms with Crippen molar-refractivity contribution in [1.82, 2.24) is 10.6 Å². The minimum absolute atomic E-state index is 0.238. The van der Waals surface area contributed by atoms with Crippen molar-refractivity contribution in [2.45, 2.75) is 52.1 Å². The molecule has 0 bridgehead atoms. The highest BCUT2D eigenvalue weighted by Crippen LogP contribution is 2.25. The molecule has 0 spiro atoms. The quantitative estimate of drug-likeness (QED) is 0.753. The molecule has 0 heterocycles. The molecule has 0 atom stereocenters. The lowest BCUT2D eigenvalue weighted by molar-refractivity contribution is 0.121. The summed E-state index contributed by atoms with van der Waals surface area (Å²) in [5.41, 5.74) is 0. The summed E-state index contributed by atoms with van der Waals surface area (Å²) in [6.07, 6.45) is 4.00. The second kappa shape index (κ2) is 8.61. The van der Waals surface area contributed by atoms with Gasteiger partial charge in [-0.25, -0.2) is 9.59 Å². The van der Waals surface area contributed by atoms with Gasteiger partial charge < -0.3 is 20.1 Å². The van der Waals surface area contributed by atoms with Crippen LogP contribution in [0.1, 0.15) is 46.0 Å². The van der Waals surface area contributed by atoms with Gasteiger partial charge in [-0.15, -0.1) is 0 Å². The van der Waals surface area contributed by atoms with Gasteiger partial charge in [-0.05, 0) is 32.6 Å². The fraction of sp³-hybridized carbons (Fsp3) is 0.846. The van der Waals surface area contributed by atoms with Crippen LogP contribution >= 0.6 is 0 Å². The average molecular weight is 272 g/mol. The van der Waals surface area contributed by atoms with Gasteiger partial charge in [0.05, 0.1) is 13.2 Å². The standard InChI is InChI=1S/C13H24N2O4/c1-3-18-12(16)14-11(15-13(17)19-4-2)10-8-6-5-7-9-10/h10-11H,3-9H2,1-2H3,(H,14,16)(H,15,17). The lowest BCUT2D eigenvalue weighted by Gasteiger charge is -2.30. The van der Waals surface area contributed by atoms with E-state index in [1.54, 1.807) is 13.8 Å². The van der Waals surface area contributed by atoms with E-state index in [-0.39, 0.29) is 5.92 Å². The molecule has 6 heteroatoms. The minimum Gasteiger partial charge on any atom is -0.450 e. The highest BCUT2D eigenvalue weighted by Gasteiger charge is 2.27. The Morgan fingerprint density at radius 1 is 1.00 bits per heavy atom. The van der Waals surface area contributed by atoms with Crippen molar-refractivity contribution in [2.24, 2.45) is 5.92 Å². The number of alkyl carbamates (subject to hydrolysis) is 2. The van der Waals surface area contributed by atoms with E-state index >= 15 is 0 Å². The third-order valence-electron chi connectivity index (χ3n) is 3.22. The number of hydrogen-bond acceptors (Lipinski definition) is 4. The molecule has 0 aliphatic heterocycles. The summed E-state index contributed by atoms with van der Waals surface area (Å²) in [4.78, 5) is 23.0. The van der Waals surface area contributed by atoms with Gasteiger partial charge in [-0.2, -0.15) is 0 Å². The zero-order valence-corrected chi connectivity index (χ0v) is 11.7. The maximum atomic E-state index is 11.5. The second-order valence-electron chi connectivity index (χ2n) is 4.61. The number of carbonyl (C=O) groups excluding carboxylic acids is 2. The normalized spacial score (nSPS) is 15.9. The molecule has 110 valence electrons. The largest absolute Gasteiger partial charge is 0.450 e. The topological polar surface area (TPSA) is 76.7 Å². The minimum atomic E-state index is -0.505. The first kappa shape index (κ1) is 15.6. The van der Waals surface area contributed by atoms with Crippen molar-refractivity contribution in [3.8, 4) is 0 Å². The Balaban J connectivity index is 2.55. The molecule has 1 rings (SSSR count). The fourth-order valence-corrected chi connectivity index (χ4v) is 2.34. The van der Waals surface area contributed by atoms with E-state index in [4.69, 9.17) is 9.47 Å². The van der Waals surface area contributed by atoms with Crippen molar-refractivity contribution in [3.05, 3.63) is 0 Å². The maximum absolute atomic E-state index is 11.5. The summed E-state index contributed by atoms with van der Waals surface area (Å²) in [5, 5.41) is 5.41. The number of ether oxygens (including phenoxy) is 2. The zero-order chi connectivity index (χ0) is 14.1. The van der Waals surface area contributed by atoms with Crippen LogP contribution in [0, 0.1) is 5.92 Å². The van der Waals surface area contributed by atoms with E-state index in [0.717, 1.165) is 25.7 Å². The van der Waals surface area contributed by atoms with Crippen LogP contribution in [0.15, 0.2) is 0 Å². The molecule has 0 aromatic rings. The van der Waals surface area contributed by atoms with E-state index in [1.165, 1.54) is 6.42 Å². The zero-order valence-electron chi connectivity index (χ0n) is 11.7. The Kier molecular flexibility index (Phi) is 7.07. The maximum Gasteiger partial charge on any atom is 0.408 e. The van der Waals surface area contributed by atoms with Gasteiger partial charge in [0.15, 0.2) is 0 Å². The van der Waals surface area contributed by atoms with Crippen LogP contribution < -0.4 is 10.6 Å². The van der Waals surface area contributed by atoms with E-state index in [0.29, 0.717) is 13.2 Å². The number of hydrogen-bond donors (Lipinski definition) is 2. The van der Waals surface area contributed by atoms with Crippen molar-refractivity contribution >= 4 is 12.2 Å². The van der Waals surface area contributed by atoms with Crippen LogP contribution in [0.4, 0.5) is 9.59 Å². The van der Waals surface area contributed by atoms with Gasteiger partial charge >= 0.3 is 12.2 Å². The molecule has 0 saturated heterocycles. The first-order valence-corrected chi connectivity index (χ1v) is 7.04. The SMILES string of the molecule is CCOC(=O)NC(NC(=O)OCC)C1CCCCC1. The Morgan fingerprint density at radius 2 is 1.47 bits per heavy atom. The third kappa shape index (κ3) is 5.81. The Morgan fingerprint density at radius 3 is 1.89 bits per heavy atom. The van der Waals surface area contributed by atoms with Gasteiger partial charge in [0.25, 0.3) is 0 Å².